The second-order valence-corrected chi connectivity index (χ2v) is 6.97. The highest BCUT2D eigenvalue weighted by molar-refractivity contribution is 9.10. The first-order chi connectivity index (χ1) is 13.2. The van der Waals surface area contributed by atoms with Gasteiger partial charge in [0.1, 0.15) is 5.75 Å². The Kier molecular flexibility index (Phi) is 4.92. The van der Waals surface area contributed by atoms with Crippen molar-refractivity contribution in [3.05, 3.63) is 71.0 Å². The van der Waals surface area contributed by atoms with E-state index in [0.717, 1.165) is 43.9 Å². The van der Waals surface area contributed by atoms with Crippen LogP contribution < -0.4 is 4.74 Å². The fraction of sp³-hybridized carbons (Fsp3) is 0.143. The van der Waals surface area contributed by atoms with Crippen LogP contribution in [0.15, 0.2) is 65.3 Å². The van der Waals surface area contributed by atoms with E-state index in [1.807, 2.05) is 53.2 Å². The summed E-state index contributed by atoms with van der Waals surface area (Å²) in [6.45, 7) is 0.414. The van der Waals surface area contributed by atoms with Crippen LogP contribution in [0, 0.1) is 0 Å². The molecule has 0 aliphatic rings. The number of fused-ring (bicyclic) bond motifs is 1. The van der Waals surface area contributed by atoms with Crippen LogP contribution >= 0.6 is 15.9 Å². The number of methoxy groups -OCH3 is 2. The summed E-state index contributed by atoms with van der Waals surface area (Å²) in [6, 6.07) is 18.0. The number of ether oxygens (including phenoxy) is 2. The van der Waals surface area contributed by atoms with E-state index in [2.05, 4.69) is 33.0 Å². The van der Waals surface area contributed by atoms with Crippen LogP contribution in [-0.2, 0) is 11.3 Å². The molecule has 0 unspecified atom stereocenters. The Labute approximate surface area is 165 Å². The second kappa shape index (κ2) is 7.50. The lowest BCUT2D eigenvalue weighted by atomic mass is 10.1. The molecule has 0 N–H and O–H groups in total. The van der Waals surface area contributed by atoms with Crippen LogP contribution in [0.3, 0.4) is 0 Å². The normalized spacial score (nSPS) is 11.1. The Bertz CT molecular complexity index is 1070. The lowest BCUT2D eigenvalue weighted by molar-refractivity contribution is 0.181. The van der Waals surface area contributed by atoms with Gasteiger partial charge in [0.2, 0.25) is 0 Å². The van der Waals surface area contributed by atoms with E-state index in [4.69, 9.17) is 14.6 Å². The SMILES string of the molecule is COCc1nn2c(-c3ccc(OC)cc3)ccnc2c1-c1ccc(Br)cc1. The first-order valence-electron chi connectivity index (χ1n) is 8.47. The number of halogens is 1. The fourth-order valence-electron chi connectivity index (χ4n) is 3.12. The van der Waals surface area contributed by atoms with E-state index in [9.17, 15) is 0 Å². The van der Waals surface area contributed by atoms with Crippen LogP contribution in [-0.4, -0.2) is 28.8 Å². The Balaban J connectivity index is 1.93. The standard InChI is InChI=1S/C21H18BrN3O2/c1-26-13-18-20(15-3-7-16(22)8-4-15)21-23-12-11-19(25(21)24-18)14-5-9-17(27-2)10-6-14/h3-12H,13H2,1-2H3. The maximum absolute atomic E-state index is 5.39. The van der Waals surface area contributed by atoms with Gasteiger partial charge in [0.05, 0.1) is 30.7 Å². The van der Waals surface area contributed by atoms with E-state index in [1.165, 1.54) is 0 Å². The van der Waals surface area contributed by atoms with E-state index in [-0.39, 0.29) is 0 Å². The molecular weight excluding hydrogens is 406 g/mol. The van der Waals surface area contributed by atoms with Crippen LogP contribution in [0.25, 0.3) is 28.0 Å². The van der Waals surface area contributed by atoms with Crippen molar-refractivity contribution in [3.8, 4) is 28.1 Å². The van der Waals surface area contributed by atoms with Gasteiger partial charge in [0, 0.05) is 23.3 Å². The zero-order valence-corrected chi connectivity index (χ0v) is 16.6. The Morgan fingerprint density at radius 2 is 1.63 bits per heavy atom. The molecule has 2 aromatic carbocycles. The molecule has 0 atom stereocenters. The van der Waals surface area contributed by atoms with Crippen LogP contribution in [0.2, 0.25) is 0 Å². The van der Waals surface area contributed by atoms with Crippen molar-refractivity contribution in [3.63, 3.8) is 0 Å². The molecule has 2 heterocycles. The molecule has 2 aromatic heterocycles. The van der Waals surface area contributed by atoms with E-state index >= 15 is 0 Å². The number of nitrogens with zero attached hydrogens (tertiary/aromatic N) is 3. The highest BCUT2D eigenvalue weighted by Gasteiger charge is 2.18. The average Bonchev–Trinajstić information content (AvgIpc) is 3.07. The lowest BCUT2D eigenvalue weighted by Crippen LogP contribution is -1.96. The number of rotatable bonds is 5. The molecule has 6 heteroatoms. The largest absolute Gasteiger partial charge is 0.497 e. The first-order valence-corrected chi connectivity index (χ1v) is 9.26. The third-order valence-electron chi connectivity index (χ3n) is 4.39. The van der Waals surface area contributed by atoms with Gasteiger partial charge in [-0.15, -0.1) is 0 Å². The van der Waals surface area contributed by atoms with Crippen LogP contribution in [0.4, 0.5) is 0 Å². The van der Waals surface area contributed by atoms with Crippen LogP contribution in [0.1, 0.15) is 5.69 Å². The summed E-state index contributed by atoms with van der Waals surface area (Å²) in [5, 5.41) is 4.81. The van der Waals surface area contributed by atoms with Crippen molar-refractivity contribution in [1.82, 2.24) is 14.6 Å². The molecule has 0 spiro atoms. The third-order valence-corrected chi connectivity index (χ3v) is 4.92. The first kappa shape index (κ1) is 17.7. The summed E-state index contributed by atoms with van der Waals surface area (Å²) in [7, 11) is 3.34. The Morgan fingerprint density at radius 3 is 2.30 bits per heavy atom. The van der Waals surface area contributed by atoms with Gasteiger partial charge in [-0.2, -0.15) is 5.10 Å². The minimum Gasteiger partial charge on any atom is -0.497 e. The van der Waals surface area contributed by atoms with Gasteiger partial charge in [-0.1, -0.05) is 28.1 Å². The quantitative estimate of drug-likeness (QED) is 0.454. The van der Waals surface area contributed by atoms with Gasteiger partial charge in [-0.25, -0.2) is 9.50 Å². The predicted octanol–water partition coefficient (Wildman–Crippen LogP) is 4.98. The number of hydrogen-bond donors (Lipinski definition) is 0. The average molecular weight is 424 g/mol. The maximum Gasteiger partial charge on any atom is 0.163 e. The summed E-state index contributed by atoms with van der Waals surface area (Å²) >= 11 is 3.49. The topological polar surface area (TPSA) is 48.7 Å². The molecule has 0 aliphatic carbocycles. The highest BCUT2D eigenvalue weighted by Crippen LogP contribution is 2.32. The summed E-state index contributed by atoms with van der Waals surface area (Å²) < 4.78 is 13.6. The van der Waals surface area contributed by atoms with Crippen molar-refractivity contribution in [2.75, 3.05) is 14.2 Å². The monoisotopic (exact) mass is 423 g/mol. The minimum atomic E-state index is 0.414. The molecule has 0 saturated carbocycles. The highest BCUT2D eigenvalue weighted by atomic mass is 79.9. The predicted molar refractivity (Wildman–Crippen MR) is 109 cm³/mol. The maximum atomic E-state index is 5.39. The van der Waals surface area contributed by atoms with Crippen molar-refractivity contribution >= 4 is 21.6 Å². The van der Waals surface area contributed by atoms with E-state index in [1.54, 1.807) is 14.2 Å². The van der Waals surface area contributed by atoms with Gasteiger partial charge in [0.15, 0.2) is 5.65 Å². The lowest BCUT2D eigenvalue weighted by Gasteiger charge is -2.06. The molecule has 0 saturated heterocycles. The van der Waals surface area contributed by atoms with E-state index in [0.29, 0.717) is 6.61 Å². The molecule has 0 bridgehead atoms. The molecule has 0 radical (unpaired) electrons. The number of aromatic nitrogens is 3. The van der Waals surface area contributed by atoms with E-state index < -0.39 is 0 Å². The Hall–Kier alpha value is -2.70. The van der Waals surface area contributed by atoms with Crippen molar-refractivity contribution in [2.24, 2.45) is 0 Å². The molecule has 27 heavy (non-hydrogen) atoms. The van der Waals surface area contributed by atoms with Crippen molar-refractivity contribution < 1.29 is 9.47 Å². The van der Waals surface area contributed by atoms with Gasteiger partial charge < -0.3 is 9.47 Å². The molecule has 4 rings (SSSR count). The zero-order valence-electron chi connectivity index (χ0n) is 15.0. The fourth-order valence-corrected chi connectivity index (χ4v) is 3.38. The summed E-state index contributed by atoms with van der Waals surface area (Å²) in [5.41, 5.74) is 5.70. The number of benzene rings is 2. The molecular formula is C21H18BrN3O2. The molecule has 0 aliphatic heterocycles. The number of hydrogen-bond acceptors (Lipinski definition) is 4. The van der Waals surface area contributed by atoms with Gasteiger partial charge in [-0.3, -0.25) is 0 Å². The minimum absolute atomic E-state index is 0.414. The zero-order chi connectivity index (χ0) is 18.8. The molecule has 136 valence electrons. The smallest absolute Gasteiger partial charge is 0.163 e. The molecule has 4 aromatic rings. The summed E-state index contributed by atoms with van der Waals surface area (Å²) in [5.74, 6) is 0.820. The van der Waals surface area contributed by atoms with Crippen molar-refractivity contribution in [1.29, 1.82) is 0 Å². The third kappa shape index (κ3) is 3.34. The molecule has 0 amide bonds. The molecule has 0 fully saturated rings. The van der Waals surface area contributed by atoms with Gasteiger partial charge in [0.25, 0.3) is 0 Å². The van der Waals surface area contributed by atoms with Gasteiger partial charge >= 0.3 is 0 Å². The Morgan fingerprint density at radius 1 is 0.926 bits per heavy atom. The van der Waals surface area contributed by atoms with Gasteiger partial charge in [-0.05, 0) is 48.0 Å². The summed E-state index contributed by atoms with van der Waals surface area (Å²) in [6.07, 6.45) is 1.81. The van der Waals surface area contributed by atoms with Crippen LogP contribution in [0.5, 0.6) is 5.75 Å². The summed E-state index contributed by atoms with van der Waals surface area (Å²) in [4.78, 5) is 4.61. The molecule has 5 nitrogen and oxygen atoms in total. The van der Waals surface area contributed by atoms with Crippen molar-refractivity contribution in [2.45, 2.75) is 6.61 Å². The second-order valence-electron chi connectivity index (χ2n) is 6.06.